The van der Waals surface area contributed by atoms with Gasteiger partial charge in [0.15, 0.2) is 0 Å². The minimum Gasteiger partial charge on any atom is -0.497 e. The summed E-state index contributed by atoms with van der Waals surface area (Å²) >= 11 is 0. The molecule has 0 radical (unpaired) electrons. The minimum atomic E-state index is -4.57. The zero-order valence-electron chi connectivity index (χ0n) is 18.6. The number of hydrogen-bond acceptors (Lipinski definition) is 6. The third kappa shape index (κ3) is 6.38. The Morgan fingerprint density at radius 3 is 2.66 bits per heavy atom. The van der Waals surface area contributed by atoms with Gasteiger partial charge in [0.1, 0.15) is 28.8 Å². The Bertz CT molecular complexity index is 1290. The molecule has 0 saturated carbocycles. The Labute approximate surface area is 199 Å². The second-order valence-electron chi connectivity index (χ2n) is 7.48. The number of hydrogen-bond donors (Lipinski definition) is 2. The number of carbonyl (C=O) groups is 1. The van der Waals surface area contributed by atoms with Gasteiger partial charge in [0.2, 0.25) is 5.91 Å². The fraction of sp³-hybridized carbons (Fsp3) is 0.160. The summed E-state index contributed by atoms with van der Waals surface area (Å²) in [6.45, 7) is 1.47. The molecule has 180 valence electrons. The number of benzene rings is 2. The van der Waals surface area contributed by atoms with Crippen LogP contribution in [-0.2, 0) is 11.0 Å². The molecule has 2 heterocycles. The molecule has 0 aliphatic carbocycles. The van der Waals surface area contributed by atoms with Crippen molar-refractivity contribution in [2.75, 3.05) is 25.5 Å². The summed E-state index contributed by atoms with van der Waals surface area (Å²) in [7, 11) is 1.25. The quantitative estimate of drug-likeness (QED) is 0.468. The number of pyridine rings is 1. The van der Waals surface area contributed by atoms with Crippen LogP contribution in [0.5, 0.6) is 17.2 Å². The Kier molecular flexibility index (Phi) is 7.00. The summed E-state index contributed by atoms with van der Waals surface area (Å²) in [5.74, 6) is 1.22. The number of aliphatic imine (C=N–C) groups is 1. The van der Waals surface area contributed by atoms with Crippen LogP contribution in [-0.4, -0.2) is 36.9 Å². The van der Waals surface area contributed by atoms with E-state index in [0.29, 0.717) is 29.3 Å². The van der Waals surface area contributed by atoms with Crippen LogP contribution < -0.4 is 20.1 Å². The first-order chi connectivity index (χ1) is 16.8. The molecule has 10 heteroatoms. The molecule has 0 fully saturated rings. The van der Waals surface area contributed by atoms with E-state index in [2.05, 4.69) is 20.6 Å². The van der Waals surface area contributed by atoms with Crippen LogP contribution in [0.4, 0.5) is 18.9 Å². The lowest BCUT2D eigenvalue weighted by atomic mass is 10.1. The lowest BCUT2D eigenvalue weighted by molar-refractivity contribution is -0.137. The SMILES string of the molecule is COc1cc(NC(=O)/C=C/c2cccc(Oc3ccnc(C4=NCCN4)c3)c2)cc(C(F)(F)F)c1. The van der Waals surface area contributed by atoms with E-state index in [9.17, 15) is 18.0 Å². The average molecular weight is 482 g/mol. The molecule has 0 saturated heterocycles. The molecule has 0 unspecified atom stereocenters. The third-order valence-corrected chi connectivity index (χ3v) is 4.91. The van der Waals surface area contributed by atoms with E-state index in [-0.39, 0.29) is 11.4 Å². The number of nitrogens with zero attached hydrogens (tertiary/aromatic N) is 2. The molecule has 2 aromatic carbocycles. The van der Waals surface area contributed by atoms with Gasteiger partial charge in [0, 0.05) is 36.6 Å². The summed E-state index contributed by atoms with van der Waals surface area (Å²) in [4.78, 5) is 20.9. The first kappa shape index (κ1) is 23.8. The molecule has 7 nitrogen and oxygen atoms in total. The molecule has 0 bridgehead atoms. The Morgan fingerprint density at radius 2 is 1.91 bits per heavy atom. The second kappa shape index (κ2) is 10.3. The van der Waals surface area contributed by atoms with Crippen LogP contribution in [0, 0.1) is 0 Å². The third-order valence-electron chi connectivity index (χ3n) is 4.91. The first-order valence-electron chi connectivity index (χ1n) is 10.6. The second-order valence-corrected chi connectivity index (χ2v) is 7.48. The lowest BCUT2D eigenvalue weighted by Crippen LogP contribution is -2.20. The predicted molar refractivity (Wildman–Crippen MR) is 126 cm³/mol. The van der Waals surface area contributed by atoms with Gasteiger partial charge in [-0.1, -0.05) is 12.1 Å². The van der Waals surface area contributed by atoms with Crippen molar-refractivity contribution in [2.45, 2.75) is 6.18 Å². The van der Waals surface area contributed by atoms with Crippen LogP contribution in [0.1, 0.15) is 16.8 Å². The summed E-state index contributed by atoms with van der Waals surface area (Å²) in [5, 5.41) is 5.58. The van der Waals surface area contributed by atoms with Crippen molar-refractivity contribution >= 4 is 23.5 Å². The highest BCUT2D eigenvalue weighted by molar-refractivity contribution is 6.02. The number of ether oxygens (including phenoxy) is 2. The first-order valence-corrected chi connectivity index (χ1v) is 10.6. The number of carbonyl (C=O) groups excluding carboxylic acids is 1. The molecule has 2 N–H and O–H groups in total. The average Bonchev–Trinajstić information content (AvgIpc) is 3.38. The van der Waals surface area contributed by atoms with Gasteiger partial charge in [0.25, 0.3) is 0 Å². The molecule has 4 rings (SSSR count). The maximum Gasteiger partial charge on any atom is 0.416 e. The highest BCUT2D eigenvalue weighted by atomic mass is 19.4. The lowest BCUT2D eigenvalue weighted by Gasteiger charge is -2.12. The number of anilines is 1. The van der Waals surface area contributed by atoms with E-state index in [4.69, 9.17) is 9.47 Å². The van der Waals surface area contributed by atoms with Crippen molar-refractivity contribution in [3.63, 3.8) is 0 Å². The van der Waals surface area contributed by atoms with E-state index in [0.717, 1.165) is 24.5 Å². The van der Waals surface area contributed by atoms with Crippen molar-refractivity contribution in [1.29, 1.82) is 0 Å². The fourth-order valence-electron chi connectivity index (χ4n) is 3.30. The largest absolute Gasteiger partial charge is 0.497 e. The van der Waals surface area contributed by atoms with Gasteiger partial charge in [-0.2, -0.15) is 13.2 Å². The number of rotatable bonds is 7. The molecular weight excluding hydrogens is 461 g/mol. The topological polar surface area (TPSA) is 84.8 Å². The summed E-state index contributed by atoms with van der Waals surface area (Å²) in [6, 6.07) is 13.5. The van der Waals surface area contributed by atoms with Crippen molar-refractivity contribution in [2.24, 2.45) is 4.99 Å². The van der Waals surface area contributed by atoms with Crippen molar-refractivity contribution < 1.29 is 27.4 Å². The van der Waals surface area contributed by atoms with E-state index >= 15 is 0 Å². The monoisotopic (exact) mass is 482 g/mol. The van der Waals surface area contributed by atoms with Crippen molar-refractivity contribution in [3.8, 4) is 17.2 Å². The zero-order chi connectivity index (χ0) is 24.8. The molecule has 35 heavy (non-hydrogen) atoms. The highest BCUT2D eigenvalue weighted by Crippen LogP contribution is 2.34. The van der Waals surface area contributed by atoms with E-state index in [1.165, 1.54) is 25.3 Å². The van der Waals surface area contributed by atoms with Gasteiger partial charge < -0.3 is 20.1 Å². The number of aromatic nitrogens is 1. The number of methoxy groups -OCH3 is 1. The van der Waals surface area contributed by atoms with Gasteiger partial charge in [-0.15, -0.1) is 0 Å². The molecule has 0 spiro atoms. The van der Waals surface area contributed by atoms with Crippen molar-refractivity contribution in [3.05, 3.63) is 83.7 Å². The highest BCUT2D eigenvalue weighted by Gasteiger charge is 2.31. The number of amidine groups is 1. The molecule has 1 aliphatic heterocycles. The summed E-state index contributed by atoms with van der Waals surface area (Å²) in [6.07, 6.45) is -0.187. The van der Waals surface area contributed by atoms with Crippen molar-refractivity contribution in [1.82, 2.24) is 10.3 Å². The molecular formula is C25H21F3N4O3. The number of amides is 1. The number of halogens is 3. The van der Waals surface area contributed by atoms with Gasteiger partial charge in [-0.05, 0) is 42.0 Å². The summed E-state index contributed by atoms with van der Waals surface area (Å²) in [5.41, 5.74) is 0.392. The van der Waals surface area contributed by atoms with Crippen LogP contribution in [0.3, 0.4) is 0 Å². The molecule has 1 aliphatic rings. The van der Waals surface area contributed by atoms with Crippen LogP contribution in [0.15, 0.2) is 71.9 Å². The standard InChI is InChI=1S/C25H21F3N4O3/c1-34-21-13-17(25(26,27)28)12-18(14-21)32-23(33)6-5-16-3-2-4-19(11-16)35-20-7-8-29-22(15-20)24-30-9-10-31-24/h2-8,11-15H,9-10H2,1H3,(H,30,31)(H,32,33)/b6-5+. The van der Waals surface area contributed by atoms with Gasteiger partial charge in [0.05, 0.1) is 19.2 Å². The smallest absolute Gasteiger partial charge is 0.416 e. The molecule has 3 aromatic rings. The van der Waals surface area contributed by atoms with Crippen LogP contribution >= 0.6 is 0 Å². The predicted octanol–water partition coefficient (Wildman–Crippen LogP) is 4.90. The number of nitrogens with one attached hydrogen (secondary N) is 2. The Morgan fingerprint density at radius 1 is 1.09 bits per heavy atom. The maximum atomic E-state index is 13.1. The molecule has 1 amide bonds. The Balaban J connectivity index is 1.43. The summed E-state index contributed by atoms with van der Waals surface area (Å²) < 4.78 is 50.1. The van der Waals surface area contributed by atoms with Crippen LogP contribution in [0.25, 0.3) is 6.08 Å². The molecule has 0 atom stereocenters. The maximum absolute atomic E-state index is 13.1. The fourth-order valence-corrected chi connectivity index (χ4v) is 3.30. The van der Waals surface area contributed by atoms with Crippen LogP contribution in [0.2, 0.25) is 0 Å². The minimum absolute atomic E-state index is 0.0148. The van der Waals surface area contributed by atoms with Gasteiger partial charge in [-0.25, -0.2) is 0 Å². The van der Waals surface area contributed by atoms with E-state index in [1.54, 1.807) is 42.6 Å². The van der Waals surface area contributed by atoms with Gasteiger partial charge in [-0.3, -0.25) is 14.8 Å². The number of alkyl halides is 3. The van der Waals surface area contributed by atoms with E-state index in [1.807, 2.05) is 0 Å². The van der Waals surface area contributed by atoms with E-state index < -0.39 is 17.6 Å². The normalized spacial score (nSPS) is 13.3. The zero-order valence-corrected chi connectivity index (χ0v) is 18.6. The van der Waals surface area contributed by atoms with Gasteiger partial charge >= 0.3 is 6.18 Å². The molecule has 1 aromatic heterocycles. The Hall–Kier alpha value is -4.34.